The standard InChI is InChI=1S/C11H19NO/c1-3-11(13)12-8-10-7-5-4-6-9(10)2/h3,9-10H,1,4-8H2,2H3,(H,12,13). The van der Waals surface area contributed by atoms with Crippen LogP contribution in [0.4, 0.5) is 0 Å². The molecule has 74 valence electrons. The van der Waals surface area contributed by atoms with Gasteiger partial charge in [0.1, 0.15) is 0 Å². The Morgan fingerprint density at radius 3 is 2.85 bits per heavy atom. The molecule has 1 saturated carbocycles. The molecule has 2 heteroatoms. The molecule has 1 aliphatic rings. The summed E-state index contributed by atoms with van der Waals surface area (Å²) in [5.41, 5.74) is 0. The molecule has 1 rings (SSSR count). The minimum Gasteiger partial charge on any atom is -0.352 e. The molecular formula is C11H19NO. The second kappa shape index (κ2) is 5.05. The lowest BCUT2D eigenvalue weighted by Crippen LogP contribution is -2.32. The van der Waals surface area contributed by atoms with Crippen LogP contribution in [0.25, 0.3) is 0 Å². The van der Waals surface area contributed by atoms with Crippen molar-refractivity contribution in [3.63, 3.8) is 0 Å². The summed E-state index contributed by atoms with van der Waals surface area (Å²) >= 11 is 0. The number of hydrogen-bond donors (Lipinski definition) is 1. The Morgan fingerprint density at radius 1 is 1.54 bits per heavy atom. The molecule has 1 amide bonds. The van der Waals surface area contributed by atoms with Gasteiger partial charge < -0.3 is 5.32 Å². The molecule has 2 nitrogen and oxygen atoms in total. The minimum atomic E-state index is -0.0437. The van der Waals surface area contributed by atoms with Gasteiger partial charge in [0.15, 0.2) is 0 Å². The van der Waals surface area contributed by atoms with Gasteiger partial charge in [-0.1, -0.05) is 32.8 Å². The Morgan fingerprint density at radius 2 is 2.23 bits per heavy atom. The van der Waals surface area contributed by atoms with Crippen LogP contribution in [-0.2, 0) is 4.79 Å². The van der Waals surface area contributed by atoms with Gasteiger partial charge in [0.2, 0.25) is 5.91 Å². The Kier molecular flexibility index (Phi) is 4.00. The molecule has 0 heterocycles. The van der Waals surface area contributed by atoms with Crippen LogP contribution in [-0.4, -0.2) is 12.5 Å². The molecule has 0 aliphatic heterocycles. The highest BCUT2D eigenvalue weighted by Crippen LogP contribution is 2.28. The van der Waals surface area contributed by atoms with E-state index < -0.39 is 0 Å². The lowest BCUT2D eigenvalue weighted by molar-refractivity contribution is -0.116. The van der Waals surface area contributed by atoms with Gasteiger partial charge in [-0.15, -0.1) is 0 Å². The van der Waals surface area contributed by atoms with Gasteiger partial charge in [0.05, 0.1) is 0 Å². The predicted octanol–water partition coefficient (Wildman–Crippen LogP) is 2.11. The molecule has 2 atom stereocenters. The predicted molar refractivity (Wildman–Crippen MR) is 54.3 cm³/mol. The van der Waals surface area contributed by atoms with Crippen LogP contribution >= 0.6 is 0 Å². The van der Waals surface area contributed by atoms with Crippen molar-refractivity contribution in [3.8, 4) is 0 Å². The highest BCUT2D eigenvalue weighted by atomic mass is 16.1. The van der Waals surface area contributed by atoms with Crippen molar-refractivity contribution in [1.82, 2.24) is 5.32 Å². The third-order valence-corrected chi connectivity index (χ3v) is 3.01. The molecule has 2 unspecified atom stereocenters. The van der Waals surface area contributed by atoms with Gasteiger partial charge in [0, 0.05) is 6.54 Å². The Hall–Kier alpha value is -0.790. The Labute approximate surface area is 80.4 Å². The summed E-state index contributed by atoms with van der Waals surface area (Å²) < 4.78 is 0. The van der Waals surface area contributed by atoms with Gasteiger partial charge in [-0.25, -0.2) is 0 Å². The lowest BCUT2D eigenvalue weighted by Gasteiger charge is -2.28. The first-order valence-electron chi connectivity index (χ1n) is 5.14. The summed E-state index contributed by atoms with van der Waals surface area (Å²) in [5, 5.41) is 2.88. The number of carbonyl (C=O) groups is 1. The Bertz CT molecular complexity index is 189. The quantitative estimate of drug-likeness (QED) is 0.664. The van der Waals surface area contributed by atoms with E-state index in [-0.39, 0.29) is 5.91 Å². The number of nitrogens with one attached hydrogen (secondary N) is 1. The third kappa shape index (κ3) is 3.21. The maximum Gasteiger partial charge on any atom is 0.243 e. The summed E-state index contributed by atoms with van der Waals surface area (Å²) in [7, 11) is 0. The third-order valence-electron chi connectivity index (χ3n) is 3.01. The van der Waals surface area contributed by atoms with Crippen molar-refractivity contribution in [2.45, 2.75) is 32.6 Å². The fourth-order valence-corrected chi connectivity index (χ4v) is 2.00. The molecule has 0 aromatic rings. The second-order valence-corrected chi connectivity index (χ2v) is 3.97. The highest BCUT2D eigenvalue weighted by Gasteiger charge is 2.20. The van der Waals surface area contributed by atoms with E-state index in [1.54, 1.807) is 0 Å². The lowest BCUT2D eigenvalue weighted by atomic mass is 9.80. The molecule has 13 heavy (non-hydrogen) atoms. The fourth-order valence-electron chi connectivity index (χ4n) is 2.00. The summed E-state index contributed by atoms with van der Waals surface area (Å²) in [6, 6.07) is 0. The van der Waals surface area contributed by atoms with E-state index in [9.17, 15) is 4.79 Å². The zero-order valence-electron chi connectivity index (χ0n) is 8.38. The van der Waals surface area contributed by atoms with Crippen molar-refractivity contribution in [1.29, 1.82) is 0 Å². The van der Waals surface area contributed by atoms with E-state index >= 15 is 0 Å². The maximum absolute atomic E-state index is 10.9. The van der Waals surface area contributed by atoms with Crippen LogP contribution in [0, 0.1) is 11.8 Å². The summed E-state index contributed by atoms with van der Waals surface area (Å²) in [4.78, 5) is 10.9. The van der Waals surface area contributed by atoms with Gasteiger partial charge in [-0.2, -0.15) is 0 Å². The maximum atomic E-state index is 10.9. The highest BCUT2D eigenvalue weighted by molar-refractivity contribution is 5.86. The summed E-state index contributed by atoms with van der Waals surface area (Å²) in [5.74, 6) is 1.40. The molecule has 0 bridgehead atoms. The van der Waals surface area contributed by atoms with Crippen LogP contribution in [0.2, 0.25) is 0 Å². The van der Waals surface area contributed by atoms with Gasteiger partial charge in [-0.05, 0) is 24.3 Å². The van der Waals surface area contributed by atoms with Crippen LogP contribution in [0.3, 0.4) is 0 Å². The molecule has 0 aromatic heterocycles. The van der Waals surface area contributed by atoms with Crippen LogP contribution in [0.1, 0.15) is 32.6 Å². The zero-order chi connectivity index (χ0) is 9.68. The molecule has 1 fully saturated rings. The average molecular weight is 181 g/mol. The molecule has 0 spiro atoms. The van der Waals surface area contributed by atoms with Crippen LogP contribution < -0.4 is 5.32 Å². The minimum absolute atomic E-state index is 0.0437. The van der Waals surface area contributed by atoms with E-state index in [1.165, 1.54) is 31.8 Å². The second-order valence-electron chi connectivity index (χ2n) is 3.97. The van der Waals surface area contributed by atoms with E-state index in [0.717, 1.165) is 12.5 Å². The number of rotatable bonds is 3. The molecule has 0 radical (unpaired) electrons. The zero-order valence-corrected chi connectivity index (χ0v) is 8.38. The van der Waals surface area contributed by atoms with E-state index in [0.29, 0.717) is 5.92 Å². The molecule has 0 aromatic carbocycles. The summed E-state index contributed by atoms with van der Waals surface area (Å²) in [6.07, 6.45) is 6.59. The first-order valence-corrected chi connectivity index (χ1v) is 5.14. The van der Waals surface area contributed by atoms with Crippen LogP contribution in [0.15, 0.2) is 12.7 Å². The first-order chi connectivity index (χ1) is 6.24. The Balaban J connectivity index is 2.26. The molecule has 0 saturated heterocycles. The van der Waals surface area contributed by atoms with Crippen molar-refractivity contribution >= 4 is 5.91 Å². The first kappa shape index (κ1) is 10.3. The summed E-state index contributed by atoms with van der Waals surface area (Å²) in [6.45, 7) is 6.54. The monoisotopic (exact) mass is 181 g/mol. The van der Waals surface area contributed by atoms with Gasteiger partial charge >= 0.3 is 0 Å². The van der Waals surface area contributed by atoms with Gasteiger partial charge in [-0.3, -0.25) is 4.79 Å². The SMILES string of the molecule is C=CC(=O)NCC1CCCCC1C. The van der Waals surface area contributed by atoms with E-state index in [2.05, 4.69) is 18.8 Å². The topological polar surface area (TPSA) is 29.1 Å². The molecule has 1 aliphatic carbocycles. The van der Waals surface area contributed by atoms with Crippen molar-refractivity contribution in [2.75, 3.05) is 6.54 Å². The smallest absolute Gasteiger partial charge is 0.243 e. The average Bonchev–Trinajstić information content (AvgIpc) is 2.16. The van der Waals surface area contributed by atoms with Crippen molar-refractivity contribution in [2.24, 2.45) is 11.8 Å². The fraction of sp³-hybridized carbons (Fsp3) is 0.727. The van der Waals surface area contributed by atoms with Crippen molar-refractivity contribution in [3.05, 3.63) is 12.7 Å². The van der Waals surface area contributed by atoms with E-state index in [1.807, 2.05) is 0 Å². The van der Waals surface area contributed by atoms with Gasteiger partial charge in [0.25, 0.3) is 0 Å². The largest absolute Gasteiger partial charge is 0.352 e. The molecule has 1 N–H and O–H groups in total. The molecular weight excluding hydrogens is 162 g/mol. The number of amides is 1. The number of hydrogen-bond acceptors (Lipinski definition) is 1. The number of carbonyl (C=O) groups excluding carboxylic acids is 1. The van der Waals surface area contributed by atoms with E-state index in [4.69, 9.17) is 0 Å². The normalized spacial score (nSPS) is 28.1. The van der Waals surface area contributed by atoms with Crippen molar-refractivity contribution < 1.29 is 4.79 Å². The van der Waals surface area contributed by atoms with Crippen LogP contribution in [0.5, 0.6) is 0 Å².